The van der Waals surface area contributed by atoms with E-state index in [9.17, 15) is 4.79 Å². The van der Waals surface area contributed by atoms with Crippen LogP contribution in [0.1, 0.15) is 120 Å². The van der Waals surface area contributed by atoms with E-state index in [0.29, 0.717) is 22.0 Å². The van der Waals surface area contributed by atoms with E-state index in [2.05, 4.69) is 61.5 Å². The third kappa shape index (κ3) is 3.25. The van der Waals surface area contributed by atoms with Gasteiger partial charge in [-0.05, 0) is 117 Å². The summed E-state index contributed by atoms with van der Waals surface area (Å²) in [6.45, 7) is 19.8. The summed E-state index contributed by atoms with van der Waals surface area (Å²) in [5.74, 6) is 4.09. The first-order chi connectivity index (χ1) is 14.4. The van der Waals surface area contributed by atoms with E-state index in [0.717, 1.165) is 36.5 Å². The van der Waals surface area contributed by atoms with E-state index < -0.39 is 0 Å². The van der Waals surface area contributed by atoms with Gasteiger partial charge in [0.1, 0.15) is 5.78 Å². The summed E-state index contributed by atoms with van der Waals surface area (Å²) in [6, 6.07) is 0. The van der Waals surface area contributed by atoms with Crippen LogP contribution in [0.15, 0.2) is 11.6 Å². The van der Waals surface area contributed by atoms with Gasteiger partial charge in [-0.25, -0.2) is 0 Å². The quantitative estimate of drug-likeness (QED) is 0.411. The Kier molecular flexibility index (Phi) is 5.88. The van der Waals surface area contributed by atoms with Crippen LogP contribution in [0.25, 0.3) is 0 Å². The molecule has 0 aliphatic heterocycles. The average molecular weight is 427 g/mol. The van der Waals surface area contributed by atoms with E-state index in [-0.39, 0.29) is 11.3 Å². The first-order valence-electron chi connectivity index (χ1n) is 13.6. The van der Waals surface area contributed by atoms with Crippen LogP contribution >= 0.6 is 0 Å². The number of hydrogen-bond acceptors (Lipinski definition) is 1. The molecule has 0 unspecified atom stereocenters. The first kappa shape index (κ1) is 23.6. The maximum Gasteiger partial charge on any atom is 0.136 e. The Balaban J connectivity index is 1.61. The zero-order valence-electron chi connectivity index (χ0n) is 21.9. The van der Waals surface area contributed by atoms with Crippen molar-refractivity contribution in [2.24, 2.45) is 51.2 Å². The van der Waals surface area contributed by atoms with Crippen molar-refractivity contribution in [2.75, 3.05) is 0 Å². The number of carbonyl (C=O) groups excluding carboxylic acids is 1. The fraction of sp³-hybridized carbons (Fsp3) is 0.900. The largest absolute Gasteiger partial charge is 0.299 e. The highest BCUT2D eigenvalue weighted by Crippen LogP contribution is 2.76. The van der Waals surface area contributed by atoms with Crippen molar-refractivity contribution in [3.05, 3.63) is 11.6 Å². The topological polar surface area (TPSA) is 17.1 Å². The molecule has 1 heteroatoms. The fourth-order valence-corrected chi connectivity index (χ4v) is 10.2. The van der Waals surface area contributed by atoms with Crippen LogP contribution in [-0.2, 0) is 4.79 Å². The van der Waals surface area contributed by atoms with Crippen LogP contribution in [0, 0.1) is 51.2 Å². The SMILES string of the molecule is CC(C)=CCC[C@H](C)[C@@H]1CC[C@]2(C)[C@H]3CC[C@@]4(C)[C@@H](CCC(=O)[C@@H]4C)[C@]3(C)CC[C@@]12C. The number of allylic oxidation sites excluding steroid dienone is 2. The van der Waals surface area contributed by atoms with Crippen molar-refractivity contribution in [3.63, 3.8) is 0 Å². The molecule has 0 amide bonds. The lowest BCUT2D eigenvalue weighted by Gasteiger charge is -2.69. The number of carbonyl (C=O) groups is 1. The van der Waals surface area contributed by atoms with E-state index in [1.807, 2.05) is 0 Å². The third-order valence-electron chi connectivity index (χ3n) is 12.4. The Morgan fingerprint density at radius 3 is 2.32 bits per heavy atom. The monoisotopic (exact) mass is 426 g/mol. The molecule has 0 spiro atoms. The molecule has 0 aromatic carbocycles. The zero-order chi connectivity index (χ0) is 22.8. The number of Topliss-reactive ketones (excluding diaryl/α,β-unsaturated/α-hetero) is 1. The first-order valence-corrected chi connectivity index (χ1v) is 13.6. The van der Waals surface area contributed by atoms with Crippen LogP contribution in [0.2, 0.25) is 0 Å². The lowest BCUT2D eigenvalue weighted by atomic mass is 9.35. The predicted molar refractivity (Wildman–Crippen MR) is 132 cm³/mol. The normalized spacial score (nSPS) is 50.3. The third-order valence-corrected chi connectivity index (χ3v) is 12.4. The molecule has 31 heavy (non-hydrogen) atoms. The molecule has 4 fully saturated rings. The van der Waals surface area contributed by atoms with Crippen molar-refractivity contribution in [1.29, 1.82) is 0 Å². The molecule has 176 valence electrons. The Labute approximate surface area is 193 Å². The van der Waals surface area contributed by atoms with Crippen molar-refractivity contribution in [1.82, 2.24) is 0 Å². The second-order valence-electron chi connectivity index (χ2n) is 13.7. The molecule has 0 N–H and O–H groups in total. The highest BCUT2D eigenvalue weighted by molar-refractivity contribution is 5.82. The average Bonchev–Trinajstić information content (AvgIpc) is 2.96. The Bertz CT molecular complexity index is 746. The Morgan fingerprint density at radius 2 is 1.65 bits per heavy atom. The van der Waals surface area contributed by atoms with E-state index in [4.69, 9.17) is 0 Å². The van der Waals surface area contributed by atoms with Gasteiger partial charge >= 0.3 is 0 Å². The Morgan fingerprint density at radius 1 is 0.935 bits per heavy atom. The lowest BCUT2D eigenvalue weighted by molar-refractivity contribution is -0.202. The second kappa shape index (κ2) is 7.73. The lowest BCUT2D eigenvalue weighted by Crippen LogP contribution is -2.62. The minimum atomic E-state index is 0.236. The summed E-state index contributed by atoms with van der Waals surface area (Å²) < 4.78 is 0. The summed E-state index contributed by atoms with van der Waals surface area (Å²) in [4.78, 5) is 12.7. The standard InChI is InChI=1S/C30H50O/c1-20(2)10-9-11-21(3)23-14-17-30(8)26-15-16-27(5)22(4)24(31)12-13-25(27)28(26,6)18-19-29(23,30)7/h10,21-23,25-26H,9,11-19H2,1-8H3/t21-,22-,23-,25+,26-,27+,28-,29-,30+/m0/s1. The number of rotatable bonds is 4. The molecule has 1 nitrogen and oxygen atoms in total. The molecule has 4 saturated carbocycles. The molecule has 4 rings (SSSR count). The van der Waals surface area contributed by atoms with Gasteiger partial charge in [0.15, 0.2) is 0 Å². The molecule has 0 radical (unpaired) electrons. The highest BCUT2D eigenvalue weighted by atomic mass is 16.1. The molecule has 0 aromatic heterocycles. The summed E-state index contributed by atoms with van der Waals surface area (Å²) in [7, 11) is 0. The van der Waals surface area contributed by atoms with Crippen molar-refractivity contribution >= 4 is 5.78 Å². The molecule has 0 bridgehead atoms. The van der Waals surface area contributed by atoms with Gasteiger partial charge in [-0.1, -0.05) is 53.2 Å². The maximum atomic E-state index is 12.7. The van der Waals surface area contributed by atoms with Gasteiger partial charge in [-0.15, -0.1) is 0 Å². The molecule has 0 aromatic rings. The highest BCUT2D eigenvalue weighted by Gasteiger charge is 2.69. The zero-order valence-corrected chi connectivity index (χ0v) is 21.9. The van der Waals surface area contributed by atoms with Gasteiger partial charge in [0, 0.05) is 12.3 Å². The van der Waals surface area contributed by atoms with Crippen LogP contribution in [0.3, 0.4) is 0 Å². The van der Waals surface area contributed by atoms with Crippen LogP contribution in [-0.4, -0.2) is 5.78 Å². The molecular formula is C30H50O. The summed E-state index contributed by atoms with van der Waals surface area (Å²) in [6.07, 6.45) is 15.3. The Hall–Kier alpha value is -0.590. The van der Waals surface area contributed by atoms with Crippen LogP contribution in [0.4, 0.5) is 0 Å². The molecule has 0 saturated heterocycles. The molecule has 4 aliphatic rings. The van der Waals surface area contributed by atoms with Crippen LogP contribution < -0.4 is 0 Å². The minimum Gasteiger partial charge on any atom is -0.299 e. The van der Waals surface area contributed by atoms with E-state index >= 15 is 0 Å². The van der Waals surface area contributed by atoms with E-state index in [1.165, 1.54) is 56.9 Å². The number of fused-ring (bicyclic) bond motifs is 5. The predicted octanol–water partition coefficient (Wildman–Crippen LogP) is 8.62. The summed E-state index contributed by atoms with van der Waals surface area (Å²) >= 11 is 0. The van der Waals surface area contributed by atoms with Crippen LogP contribution in [0.5, 0.6) is 0 Å². The molecular weight excluding hydrogens is 376 g/mol. The summed E-state index contributed by atoms with van der Waals surface area (Å²) in [5, 5.41) is 0. The fourth-order valence-electron chi connectivity index (χ4n) is 10.2. The van der Waals surface area contributed by atoms with E-state index in [1.54, 1.807) is 0 Å². The molecule has 9 atom stereocenters. The number of ketones is 1. The van der Waals surface area contributed by atoms with Gasteiger partial charge in [0.2, 0.25) is 0 Å². The van der Waals surface area contributed by atoms with Gasteiger partial charge in [0.05, 0.1) is 0 Å². The van der Waals surface area contributed by atoms with Gasteiger partial charge in [0.25, 0.3) is 0 Å². The smallest absolute Gasteiger partial charge is 0.136 e. The number of hydrogen-bond donors (Lipinski definition) is 0. The van der Waals surface area contributed by atoms with Gasteiger partial charge in [-0.3, -0.25) is 4.79 Å². The molecule has 0 heterocycles. The van der Waals surface area contributed by atoms with Gasteiger partial charge in [-0.2, -0.15) is 0 Å². The second-order valence-corrected chi connectivity index (χ2v) is 13.7. The van der Waals surface area contributed by atoms with Crippen molar-refractivity contribution in [2.45, 2.75) is 120 Å². The maximum absolute atomic E-state index is 12.7. The molecule has 4 aliphatic carbocycles. The van der Waals surface area contributed by atoms with Crippen molar-refractivity contribution in [3.8, 4) is 0 Å². The summed E-state index contributed by atoms with van der Waals surface area (Å²) in [5.41, 5.74) is 3.09. The van der Waals surface area contributed by atoms with Crippen molar-refractivity contribution < 1.29 is 4.79 Å². The van der Waals surface area contributed by atoms with Gasteiger partial charge < -0.3 is 0 Å². The minimum absolute atomic E-state index is 0.236.